The molecule has 3 amide bonds. The summed E-state index contributed by atoms with van der Waals surface area (Å²) in [5.41, 5.74) is 1.30. The van der Waals surface area contributed by atoms with Crippen molar-refractivity contribution in [1.82, 2.24) is 20.0 Å². The van der Waals surface area contributed by atoms with E-state index in [-0.39, 0.29) is 17.7 Å². The summed E-state index contributed by atoms with van der Waals surface area (Å²) in [6.45, 7) is 1.08. The molecule has 0 radical (unpaired) electrons. The Morgan fingerprint density at radius 1 is 1.14 bits per heavy atom. The molecule has 1 aromatic heterocycles. The number of carbonyl (C=O) groups is 3. The summed E-state index contributed by atoms with van der Waals surface area (Å²) in [4.78, 5) is 41.6. The highest BCUT2D eigenvalue weighted by atomic mass is 16.2. The molecule has 1 N–H and O–H groups in total. The first-order chi connectivity index (χ1) is 13.5. The Labute approximate surface area is 163 Å². The molecule has 1 aromatic carbocycles. The number of rotatable bonds is 4. The summed E-state index contributed by atoms with van der Waals surface area (Å²) < 4.78 is 1.64. The van der Waals surface area contributed by atoms with Crippen LogP contribution in [0.2, 0.25) is 0 Å². The number of aromatic nitrogens is 2. The Kier molecular flexibility index (Phi) is 4.85. The molecular weight excluding hydrogens is 358 g/mol. The van der Waals surface area contributed by atoms with Crippen molar-refractivity contribution in [1.29, 1.82) is 0 Å². The zero-order valence-electron chi connectivity index (χ0n) is 15.7. The van der Waals surface area contributed by atoms with Crippen LogP contribution in [-0.4, -0.2) is 57.6 Å². The number of amides is 3. The second kappa shape index (κ2) is 7.46. The number of nitrogens with one attached hydrogen (secondary N) is 1. The SMILES string of the molecule is Cn1cc(N2CCC(NC(=O)C3CCCN3C(=O)c3ccccc3)C2=O)cn1. The Morgan fingerprint density at radius 2 is 1.93 bits per heavy atom. The number of carbonyl (C=O) groups excluding carboxylic acids is 3. The maximum absolute atomic E-state index is 12.8. The molecule has 0 aliphatic carbocycles. The van der Waals surface area contributed by atoms with E-state index in [4.69, 9.17) is 0 Å². The van der Waals surface area contributed by atoms with Gasteiger partial charge in [0.2, 0.25) is 11.8 Å². The maximum Gasteiger partial charge on any atom is 0.254 e. The van der Waals surface area contributed by atoms with Crippen molar-refractivity contribution in [3.8, 4) is 0 Å². The summed E-state index contributed by atoms with van der Waals surface area (Å²) in [5.74, 6) is -0.540. The quantitative estimate of drug-likeness (QED) is 0.854. The lowest BCUT2D eigenvalue weighted by atomic mass is 10.1. The molecule has 0 spiro atoms. The largest absolute Gasteiger partial charge is 0.342 e. The minimum atomic E-state index is -0.568. The summed E-state index contributed by atoms with van der Waals surface area (Å²) in [6, 6.07) is 7.87. The number of hydrogen-bond acceptors (Lipinski definition) is 4. The second-order valence-electron chi connectivity index (χ2n) is 7.23. The minimum absolute atomic E-state index is 0.139. The fourth-order valence-corrected chi connectivity index (χ4v) is 3.91. The highest BCUT2D eigenvalue weighted by Crippen LogP contribution is 2.23. The number of hydrogen-bond donors (Lipinski definition) is 1. The summed E-state index contributed by atoms with van der Waals surface area (Å²) in [7, 11) is 1.79. The van der Waals surface area contributed by atoms with Crippen LogP contribution in [0.25, 0.3) is 0 Å². The smallest absolute Gasteiger partial charge is 0.254 e. The van der Waals surface area contributed by atoms with Crippen LogP contribution in [0, 0.1) is 0 Å². The van der Waals surface area contributed by atoms with Crippen molar-refractivity contribution in [2.75, 3.05) is 18.0 Å². The van der Waals surface area contributed by atoms with Crippen molar-refractivity contribution < 1.29 is 14.4 Å². The van der Waals surface area contributed by atoms with E-state index in [1.165, 1.54) is 0 Å². The summed E-state index contributed by atoms with van der Waals surface area (Å²) >= 11 is 0. The van der Waals surface area contributed by atoms with E-state index in [0.29, 0.717) is 31.5 Å². The average molecular weight is 381 g/mol. The Balaban J connectivity index is 1.42. The van der Waals surface area contributed by atoms with Crippen LogP contribution < -0.4 is 10.2 Å². The molecule has 0 bridgehead atoms. The molecule has 2 aromatic rings. The molecule has 2 saturated heterocycles. The number of benzene rings is 1. The van der Waals surface area contributed by atoms with Crippen LogP contribution in [0.15, 0.2) is 42.7 Å². The van der Waals surface area contributed by atoms with Crippen molar-refractivity contribution in [2.45, 2.75) is 31.3 Å². The third kappa shape index (κ3) is 3.37. The van der Waals surface area contributed by atoms with Crippen molar-refractivity contribution >= 4 is 23.4 Å². The van der Waals surface area contributed by atoms with Gasteiger partial charge in [-0.25, -0.2) is 0 Å². The second-order valence-corrected chi connectivity index (χ2v) is 7.23. The summed E-state index contributed by atoms with van der Waals surface area (Å²) in [5, 5.41) is 6.96. The van der Waals surface area contributed by atoms with Gasteiger partial charge in [0, 0.05) is 31.9 Å². The number of anilines is 1. The fraction of sp³-hybridized carbons (Fsp3) is 0.400. The van der Waals surface area contributed by atoms with E-state index in [1.807, 2.05) is 18.2 Å². The highest BCUT2D eigenvalue weighted by molar-refractivity contribution is 6.02. The molecule has 0 saturated carbocycles. The number of likely N-dealkylation sites (tertiary alicyclic amines) is 1. The van der Waals surface area contributed by atoms with E-state index < -0.39 is 12.1 Å². The third-order valence-electron chi connectivity index (χ3n) is 5.36. The van der Waals surface area contributed by atoms with Gasteiger partial charge in [-0.1, -0.05) is 18.2 Å². The number of aryl methyl sites for hydroxylation is 1. The molecule has 2 aliphatic rings. The van der Waals surface area contributed by atoms with Gasteiger partial charge >= 0.3 is 0 Å². The predicted molar refractivity (Wildman–Crippen MR) is 103 cm³/mol. The van der Waals surface area contributed by atoms with E-state index in [2.05, 4.69) is 10.4 Å². The van der Waals surface area contributed by atoms with E-state index in [9.17, 15) is 14.4 Å². The van der Waals surface area contributed by atoms with Gasteiger partial charge < -0.3 is 15.1 Å². The van der Waals surface area contributed by atoms with Gasteiger partial charge in [-0.15, -0.1) is 0 Å². The topological polar surface area (TPSA) is 87.5 Å². The summed E-state index contributed by atoms with van der Waals surface area (Å²) in [6.07, 6.45) is 5.34. The maximum atomic E-state index is 12.8. The molecule has 2 atom stereocenters. The molecule has 8 nitrogen and oxygen atoms in total. The van der Waals surface area contributed by atoms with Crippen molar-refractivity contribution in [3.05, 3.63) is 48.3 Å². The predicted octanol–water partition coefficient (Wildman–Crippen LogP) is 0.946. The molecule has 3 heterocycles. The molecule has 2 fully saturated rings. The molecule has 2 aliphatic heterocycles. The van der Waals surface area contributed by atoms with Gasteiger partial charge in [-0.2, -0.15) is 5.10 Å². The first-order valence-electron chi connectivity index (χ1n) is 9.51. The van der Waals surface area contributed by atoms with Gasteiger partial charge in [0.1, 0.15) is 12.1 Å². The molecule has 4 rings (SSSR count). The fourth-order valence-electron chi connectivity index (χ4n) is 3.91. The highest BCUT2D eigenvalue weighted by Gasteiger charge is 2.39. The Hall–Kier alpha value is -3.16. The van der Waals surface area contributed by atoms with Crippen LogP contribution in [0.5, 0.6) is 0 Å². The molecule has 2 unspecified atom stereocenters. The van der Waals surface area contributed by atoms with E-state index >= 15 is 0 Å². The van der Waals surface area contributed by atoms with E-state index in [0.717, 1.165) is 12.1 Å². The van der Waals surface area contributed by atoms with Crippen LogP contribution in [0.1, 0.15) is 29.6 Å². The molecule has 8 heteroatoms. The van der Waals surface area contributed by atoms with Gasteiger partial charge in [0.05, 0.1) is 11.9 Å². The standard InChI is InChI=1S/C20H23N5O3/c1-23-13-15(12-21-23)24-11-9-16(20(24)28)22-18(26)17-8-5-10-25(17)19(27)14-6-3-2-4-7-14/h2-4,6-7,12-13,16-17H,5,8-11H2,1H3,(H,22,26). The lowest BCUT2D eigenvalue weighted by molar-refractivity contribution is -0.129. The van der Waals surface area contributed by atoms with Crippen LogP contribution in [0.3, 0.4) is 0 Å². The normalized spacial score (nSPS) is 22.0. The Morgan fingerprint density at radius 3 is 2.64 bits per heavy atom. The van der Waals surface area contributed by atoms with Gasteiger partial charge in [-0.3, -0.25) is 19.1 Å². The lowest BCUT2D eigenvalue weighted by Crippen LogP contribution is -2.50. The Bertz CT molecular complexity index is 894. The monoisotopic (exact) mass is 381 g/mol. The zero-order chi connectivity index (χ0) is 19.7. The van der Waals surface area contributed by atoms with Crippen molar-refractivity contribution in [2.24, 2.45) is 7.05 Å². The van der Waals surface area contributed by atoms with Gasteiger partial charge in [-0.05, 0) is 31.4 Å². The first-order valence-corrected chi connectivity index (χ1v) is 9.51. The average Bonchev–Trinajstić information content (AvgIpc) is 3.43. The van der Waals surface area contributed by atoms with Gasteiger partial charge in [0.15, 0.2) is 0 Å². The van der Waals surface area contributed by atoms with Crippen molar-refractivity contribution in [3.63, 3.8) is 0 Å². The molecule has 28 heavy (non-hydrogen) atoms. The van der Waals surface area contributed by atoms with E-state index in [1.54, 1.807) is 46.1 Å². The zero-order valence-corrected chi connectivity index (χ0v) is 15.7. The van der Waals surface area contributed by atoms with Crippen LogP contribution in [-0.2, 0) is 16.6 Å². The lowest BCUT2D eigenvalue weighted by Gasteiger charge is -2.25. The van der Waals surface area contributed by atoms with Gasteiger partial charge in [0.25, 0.3) is 5.91 Å². The molecular formula is C20H23N5O3. The van der Waals surface area contributed by atoms with Crippen LogP contribution >= 0.6 is 0 Å². The minimum Gasteiger partial charge on any atom is -0.342 e. The van der Waals surface area contributed by atoms with Crippen LogP contribution in [0.4, 0.5) is 5.69 Å². The number of nitrogens with zero attached hydrogens (tertiary/aromatic N) is 4. The third-order valence-corrected chi connectivity index (χ3v) is 5.36. The first kappa shape index (κ1) is 18.2. The molecule has 146 valence electrons.